The van der Waals surface area contributed by atoms with Crippen molar-refractivity contribution in [2.75, 3.05) is 6.61 Å². The zero-order valence-corrected chi connectivity index (χ0v) is 17.4. The molecule has 0 amide bonds. The highest BCUT2D eigenvalue weighted by molar-refractivity contribution is 7.07. The molecule has 3 heterocycles. The molecule has 10 heteroatoms. The number of fused-ring (bicyclic) bond motifs is 1. The van der Waals surface area contributed by atoms with Gasteiger partial charge in [0.2, 0.25) is 0 Å². The van der Waals surface area contributed by atoms with Crippen LogP contribution in [0.15, 0.2) is 62.4 Å². The number of thiazole rings is 1. The third kappa shape index (κ3) is 3.73. The van der Waals surface area contributed by atoms with Crippen LogP contribution in [-0.4, -0.2) is 22.1 Å². The van der Waals surface area contributed by atoms with Gasteiger partial charge in [0, 0.05) is 17.8 Å². The molecule has 3 aromatic rings. The van der Waals surface area contributed by atoms with E-state index in [0.29, 0.717) is 26.4 Å². The minimum atomic E-state index is -0.738. The summed E-state index contributed by atoms with van der Waals surface area (Å²) in [6.45, 7) is 3.54. The number of esters is 1. The molecule has 1 aromatic carbocycles. The Morgan fingerprint density at radius 3 is 2.87 bits per heavy atom. The second-order valence-electron chi connectivity index (χ2n) is 6.65. The largest absolute Gasteiger partial charge is 0.467 e. The van der Waals surface area contributed by atoms with E-state index in [2.05, 4.69) is 4.99 Å². The van der Waals surface area contributed by atoms with Gasteiger partial charge in [0.1, 0.15) is 11.8 Å². The van der Waals surface area contributed by atoms with E-state index in [1.165, 1.54) is 23.0 Å². The molecule has 1 aliphatic heterocycles. The lowest BCUT2D eigenvalue weighted by atomic mass is 10.0. The maximum absolute atomic E-state index is 13.1. The Labute approximate surface area is 179 Å². The Kier molecular flexibility index (Phi) is 5.38. The van der Waals surface area contributed by atoms with Crippen LogP contribution in [0.25, 0.3) is 11.8 Å². The van der Waals surface area contributed by atoms with Gasteiger partial charge >= 0.3 is 5.97 Å². The third-order valence-corrected chi connectivity index (χ3v) is 5.71. The van der Waals surface area contributed by atoms with Crippen molar-refractivity contribution in [3.63, 3.8) is 0 Å². The molecule has 1 aliphatic rings. The molecule has 0 N–H and O–H groups in total. The number of furan rings is 1. The minimum absolute atomic E-state index is 0.0709. The lowest BCUT2D eigenvalue weighted by Crippen LogP contribution is -2.35. The SMILES string of the molecule is CCOC(=O)C1=C(C)n2c(s/c(=C\c3cccc([N+](=O)[O-])c3)c2=O)=N[C@@H]1c1ccco1. The Morgan fingerprint density at radius 1 is 1.39 bits per heavy atom. The molecule has 0 radical (unpaired) electrons. The molecule has 0 fully saturated rings. The van der Waals surface area contributed by atoms with Crippen molar-refractivity contribution in [3.8, 4) is 0 Å². The van der Waals surface area contributed by atoms with Crippen LogP contribution in [0.3, 0.4) is 0 Å². The molecule has 0 saturated carbocycles. The molecule has 9 nitrogen and oxygen atoms in total. The fourth-order valence-electron chi connectivity index (χ4n) is 3.35. The molecule has 0 bridgehead atoms. The van der Waals surface area contributed by atoms with E-state index in [9.17, 15) is 19.7 Å². The maximum atomic E-state index is 13.1. The predicted octanol–water partition coefficient (Wildman–Crippen LogP) is 2.41. The summed E-state index contributed by atoms with van der Waals surface area (Å²) in [6.07, 6.45) is 3.06. The van der Waals surface area contributed by atoms with E-state index < -0.39 is 16.9 Å². The molecule has 0 spiro atoms. The first-order valence-electron chi connectivity index (χ1n) is 9.38. The number of non-ortho nitro benzene ring substituents is 1. The van der Waals surface area contributed by atoms with Gasteiger partial charge in [-0.05, 0) is 37.6 Å². The summed E-state index contributed by atoms with van der Waals surface area (Å²) < 4.78 is 12.4. The van der Waals surface area contributed by atoms with E-state index in [1.807, 2.05) is 0 Å². The van der Waals surface area contributed by atoms with Crippen LogP contribution in [0.5, 0.6) is 0 Å². The summed E-state index contributed by atoms with van der Waals surface area (Å²) in [5.41, 5.74) is 0.710. The van der Waals surface area contributed by atoms with Crippen LogP contribution in [0.4, 0.5) is 5.69 Å². The van der Waals surface area contributed by atoms with Gasteiger partial charge in [0.15, 0.2) is 4.80 Å². The summed E-state index contributed by atoms with van der Waals surface area (Å²) in [5, 5.41) is 11.0. The number of benzene rings is 1. The monoisotopic (exact) mass is 439 g/mol. The Morgan fingerprint density at radius 2 is 2.19 bits per heavy atom. The van der Waals surface area contributed by atoms with Crippen LogP contribution < -0.4 is 14.9 Å². The lowest BCUT2D eigenvalue weighted by molar-refractivity contribution is -0.384. The first-order valence-corrected chi connectivity index (χ1v) is 10.2. The second-order valence-corrected chi connectivity index (χ2v) is 7.66. The van der Waals surface area contributed by atoms with Crippen molar-refractivity contribution in [2.24, 2.45) is 4.99 Å². The first kappa shape index (κ1) is 20.5. The molecule has 0 unspecified atom stereocenters. The summed E-state index contributed by atoms with van der Waals surface area (Å²) >= 11 is 1.13. The van der Waals surface area contributed by atoms with Gasteiger partial charge in [-0.15, -0.1) is 0 Å². The molecular formula is C21H17N3O6S. The first-order chi connectivity index (χ1) is 14.9. The van der Waals surface area contributed by atoms with Crippen LogP contribution in [0, 0.1) is 10.1 Å². The number of aromatic nitrogens is 1. The van der Waals surface area contributed by atoms with E-state index >= 15 is 0 Å². The summed E-state index contributed by atoms with van der Waals surface area (Å²) in [7, 11) is 0. The van der Waals surface area contributed by atoms with Crippen LogP contribution in [-0.2, 0) is 9.53 Å². The number of rotatable bonds is 5. The zero-order chi connectivity index (χ0) is 22.1. The predicted molar refractivity (Wildman–Crippen MR) is 113 cm³/mol. The Balaban J connectivity index is 1.92. The number of hydrogen-bond donors (Lipinski definition) is 0. The van der Waals surface area contributed by atoms with Gasteiger partial charge in [-0.25, -0.2) is 9.79 Å². The maximum Gasteiger partial charge on any atom is 0.338 e. The standard InChI is InChI=1S/C21H17N3O6S/c1-3-29-20(26)17-12(2)23-19(25)16(11-13-6-4-7-14(10-13)24(27)28)31-21(23)22-18(17)15-8-5-9-30-15/h4-11,18H,3H2,1-2H3/b16-11-/t18-/m1/s1. The molecule has 0 saturated heterocycles. The quantitative estimate of drug-likeness (QED) is 0.342. The van der Waals surface area contributed by atoms with E-state index in [4.69, 9.17) is 9.15 Å². The van der Waals surface area contributed by atoms with Gasteiger partial charge in [-0.1, -0.05) is 23.5 Å². The van der Waals surface area contributed by atoms with E-state index in [0.717, 1.165) is 11.3 Å². The number of nitrogens with zero attached hydrogens (tertiary/aromatic N) is 3. The van der Waals surface area contributed by atoms with Gasteiger partial charge in [0.05, 0.1) is 27.9 Å². The van der Waals surface area contributed by atoms with Gasteiger partial charge in [0.25, 0.3) is 11.2 Å². The van der Waals surface area contributed by atoms with Crippen molar-refractivity contribution >= 4 is 34.8 Å². The smallest absolute Gasteiger partial charge is 0.338 e. The van der Waals surface area contributed by atoms with Crippen LogP contribution in [0.2, 0.25) is 0 Å². The van der Waals surface area contributed by atoms with Crippen molar-refractivity contribution < 1.29 is 18.9 Å². The summed E-state index contributed by atoms with van der Waals surface area (Å²) in [6, 6.07) is 8.66. The zero-order valence-electron chi connectivity index (χ0n) is 16.6. The van der Waals surface area contributed by atoms with Crippen LogP contribution >= 0.6 is 11.3 Å². The highest BCUT2D eigenvalue weighted by atomic mass is 32.1. The molecule has 2 aromatic heterocycles. The molecule has 1 atom stereocenters. The highest BCUT2D eigenvalue weighted by Gasteiger charge is 2.32. The molecule has 4 rings (SSSR count). The molecule has 0 aliphatic carbocycles. The molecular weight excluding hydrogens is 422 g/mol. The van der Waals surface area contributed by atoms with Crippen molar-refractivity contribution in [1.29, 1.82) is 0 Å². The normalized spacial score (nSPS) is 16.1. The number of carbonyl (C=O) groups excluding carboxylic acids is 1. The van der Waals surface area contributed by atoms with Crippen molar-refractivity contribution in [1.82, 2.24) is 4.57 Å². The van der Waals surface area contributed by atoms with Gasteiger partial charge in [-0.3, -0.25) is 19.5 Å². The Bertz CT molecular complexity index is 1380. The fraction of sp³-hybridized carbons (Fsp3) is 0.190. The summed E-state index contributed by atoms with van der Waals surface area (Å²) in [5.74, 6) is -0.114. The highest BCUT2D eigenvalue weighted by Crippen LogP contribution is 2.32. The minimum Gasteiger partial charge on any atom is -0.467 e. The van der Waals surface area contributed by atoms with E-state index in [-0.39, 0.29) is 23.4 Å². The second kappa shape index (κ2) is 8.15. The van der Waals surface area contributed by atoms with Gasteiger partial charge < -0.3 is 9.15 Å². The third-order valence-electron chi connectivity index (χ3n) is 4.73. The molecule has 31 heavy (non-hydrogen) atoms. The number of ether oxygens (including phenoxy) is 1. The van der Waals surface area contributed by atoms with Crippen LogP contribution in [0.1, 0.15) is 31.2 Å². The molecule has 158 valence electrons. The topological polar surface area (TPSA) is 117 Å². The number of carbonyl (C=O) groups is 1. The van der Waals surface area contributed by atoms with Crippen molar-refractivity contribution in [3.05, 3.63) is 89.4 Å². The van der Waals surface area contributed by atoms with E-state index in [1.54, 1.807) is 44.2 Å². The number of allylic oxidation sites excluding steroid dienone is 1. The van der Waals surface area contributed by atoms with Crippen molar-refractivity contribution in [2.45, 2.75) is 19.9 Å². The Hall–Kier alpha value is -3.79. The summed E-state index contributed by atoms with van der Waals surface area (Å²) in [4.78, 5) is 41.3. The number of hydrogen-bond acceptors (Lipinski definition) is 8. The fourth-order valence-corrected chi connectivity index (χ4v) is 4.39. The number of nitro groups is 1. The average molecular weight is 439 g/mol. The van der Waals surface area contributed by atoms with Gasteiger partial charge in [-0.2, -0.15) is 0 Å². The lowest BCUT2D eigenvalue weighted by Gasteiger charge is -2.20. The average Bonchev–Trinajstić information content (AvgIpc) is 3.37. The number of nitro benzene ring substituents is 1.